The third-order valence-electron chi connectivity index (χ3n) is 3.44. The van der Waals surface area contributed by atoms with Gasteiger partial charge >= 0.3 is 5.97 Å². The van der Waals surface area contributed by atoms with Crippen molar-refractivity contribution in [3.8, 4) is 5.75 Å². The molecule has 2 aromatic carbocycles. The SMILES string of the molecule is COc1cccc(C(/C=C(\C)C(=O)O)c2ccc(Cl)cc2)c1. The largest absolute Gasteiger partial charge is 0.497 e. The predicted octanol–water partition coefficient (Wildman–Crippen LogP) is 4.51. The highest BCUT2D eigenvalue weighted by atomic mass is 35.5. The zero-order valence-corrected chi connectivity index (χ0v) is 13.2. The van der Waals surface area contributed by atoms with Gasteiger partial charge in [0.15, 0.2) is 0 Å². The summed E-state index contributed by atoms with van der Waals surface area (Å²) in [7, 11) is 1.61. The first-order chi connectivity index (χ1) is 10.5. The van der Waals surface area contributed by atoms with Gasteiger partial charge in [0, 0.05) is 16.5 Å². The van der Waals surface area contributed by atoms with Crippen LogP contribution in [-0.2, 0) is 4.79 Å². The molecule has 1 atom stereocenters. The van der Waals surface area contributed by atoms with Gasteiger partial charge in [0.05, 0.1) is 7.11 Å². The maximum atomic E-state index is 11.2. The van der Waals surface area contributed by atoms with Crippen molar-refractivity contribution in [1.29, 1.82) is 0 Å². The van der Waals surface area contributed by atoms with Crippen LogP contribution in [0, 0.1) is 0 Å². The maximum Gasteiger partial charge on any atom is 0.330 e. The highest BCUT2D eigenvalue weighted by Crippen LogP contribution is 2.30. The van der Waals surface area contributed by atoms with Crippen LogP contribution in [0.4, 0.5) is 0 Å². The standard InChI is InChI=1S/C18H17ClO3/c1-12(18(20)21)10-17(13-6-8-15(19)9-7-13)14-4-3-5-16(11-14)22-2/h3-11,17H,1-2H3,(H,20,21)/b12-10+. The lowest BCUT2D eigenvalue weighted by Crippen LogP contribution is -2.03. The maximum absolute atomic E-state index is 11.2. The Bertz CT molecular complexity index is 690. The van der Waals surface area contributed by atoms with Gasteiger partial charge in [-0.15, -0.1) is 0 Å². The van der Waals surface area contributed by atoms with Gasteiger partial charge in [-0.1, -0.05) is 41.9 Å². The van der Waals surface area contributed by atoms with Gasteiger partial charge in [0.25, 0.3) is 0 Å². The van der Waals surface area contributed by atoms with Crippen LogP contribution in [0.1, 0.15) is 24.0 Å². The summed E-state index contributed by atoms with van der Waals surface area (Å²) < 4.78 is 5.25. The predicted molar refractivity (Wildman–Crippen MR) is 87.7 cm³/mol. The first-order valence-electron chi connectivity index (χ1n) is 6.82. The molecule has 114 valence electrons. The van der Waals surface area contributed by atoms with Gasteiger partial charge in [-0.05, 0) is 42.3 Å². The number of halogens is 1. The average Bonchev–Trinajstić information content (AvgIpc) is 2.53. The quantitative estimate of drug-likeness (QED) is 0.825. The highest BCUT2D eigenvalue weighted by Gasteiger charge is 2.14. The molecule has 0 aliphatic carbocycles. The van der Waals surface area contributed by atoms with E-state index in [9.17, 15) is 4.79 Å². The fourth-order valence-electron chi connectivity index (χ4n) is 2.21. The van der Waals surface area contributed by atoms with E-state index in [1.165, 1.54) is 0 Å². The second-order valence-electron chi connectivity index (χ2n) is 4.96. The van der Waals surface area contributed by atoms with Crippen molar-refractivity contribution >= 4 is 17.6 Å². The summed E-state index contributed by atoms with van der Waals surface area (Å²) in [6, 6.07) is 15.0. The molecule has 0 aliphatic rings. The van der Waals surface area contributed by atoms with Crippen LogP contribution < -0.4 is 4.74 Å². The molecule has 0 amide bonds. The fraction of sp³-hybridized carbons (Fsp3) is 0.167. The highest BCUT2D eigenvalue weighted by molar-refractivity contribution is 6.30. The number of rotatable bonds is 5. The van der Waals surface area contributed by atoms with E-state index in [0.717, 1.165) is 16.9 Å². The number of hydrogen-bond acceptors (Lipinski definition) is 2. The summed E-state index contributed by atoms with van der Waals surface area (Å²) >= 11 is 5.94. The number of hydrogen-bond donors (Lipinski definition) is 1. The molecule has 0 heterocycles. The van der Waals surface area contributed by atoms with Crippen LogP contribution in [0.2, 0.25) is 5.02 Å². The Balaban J connectivity index is 2.51. The van der Waals surface area contributed by atoms with Crippen molar-refractivity contribution in [3.63, 3.8) is 0 Å². The Labute approximate surface area is 134 Å². The zero-order chi connectivity index (χ0) is 16.1. The first kappa shape index (κ1) is 16.1. The van der Waals surface area contributed by atoms with Crippen molar-refractivity contribution in [2.24, 2.45) is 0 Å². The van der Waals surface area contributed by atoms with E-state index in [2.05, 4.69) is 0 Å². The van der Waals surface area contributed by atoms with Crippen LogP contribution in [0.25, 0.3) is 0 Å². The molecule has 4 heteroatoms. The summed E-state index contributed by atoms with van der Waals surface area (Å²) in [6.45, 7) is 1.59. The van der Waals surface area contributed by atoms with Crippen LogP contribution in [0.3, 0.4) is 0 Å². The summed E-state index contributed by atoms with van der Waals surface area (Å²) in [6.07, 6.45) is 1.74. The Morgan fingerprint density at radius 2 is 1.86 bits per heavy atom. The zero-order valence-electron chi connectivity index (χ0n) is 12.4. The van der Waals surface area contributed by atoms with Crippen molar-refractivity contribution in [3.05, 3.63) is 76.3 Å². The van der Waals surface area contributed by atoms with E-state index in [1.807, 2.05) is 36.4 Å². The van der Waals surface area contributed by atoms with Gasteiger partial charge in [0.2, 0.25) is 0 Å². The summed E-state index contributed by atoms with van der Waals surface area (Å²) in [4.78, 5) is 11.2. The van der Waals surface area contributed by atoms with E-state index in [-0.39, 0.29) is 5.92 Å². The molecule has 22 heavy (non-hydrogen) atoms. The molecule has 1 unspecified atom stereocenters. The van der Waals surface area contributed by atoms with Crippen molar-refractivity contribution in [2.45, 2.75) is 12.8 Å². The fourth-order valence-corrected chi connectivity index (χ4v) is 2.34. The topological polar surface area (TPSA) is 46.5 Å². The van der Waals surface area contributed by atoms with Crippen LogP contribution in [0.15, 0.2) is 60.2 Å². The number of benzene rings is 2. The molecule has 1 N–H and O–H groups in total. The van der Waals surface area contributed by atoms with Gasteiger partial charge in [0.1, 0.15) is 5.75 Å². The number of ether oxygens (including phenoxy) is 1. The van der Waals surface area contributed by atoms with Gasteiger partial charge in [-0.3, -0.25) is 0 Å². The summed E-state index contributed by atoms with van der Waals surface area (Å²) in [5.74, 6) is -0.372. The average molecular weight is 317 g/mol. The normalized spacial score (nSPS) is 12.8. The molecule has 2 rings (SSSR count). The number of methoxy groups -OCH3 is 1. The molecule has 0 saturated carbocycles. The lowest BCUT2D eigenvalue weighted by molar-refractivity contribution is -0.132. The molecule has 3 nitrogen and oxygen atoms in total. The summed E-state index contributed by atoms with van der Waals surface area (Å²) in [5.41, 5.74) is 2.23. The molecule has 0 aliphatic heterocycles. The first-order valence-corrected chi connectivity index (χ1v) is 7.20. The molecule has 0 saturated heterocycles. The number of allylic oxidation sites excluding steroid dienone is 1. The van der Waals surface area contributed by atoms with Gasteiger partial charge < -0.3 is 9.84 Å². The van der Waals surface area contributed by atoms with Gasteiger partial charge in [-0.25, -0.2) is 4.79 Å². The number of carboxylic acids is 1. The lowest BCUT2D eigenvalue weighted by atomic mass is 9.89. The van der Waals surface area contributed by atoms with E-state index < -0.39 is 5.97 Å². The van der Waals surface area contributed by atoms with E-state index in [1.54, 1.807) is 32.2 Å². The smallest absolute Gasteiger partial charge is 0.330 e. The van der Waals surface area contributed by atoms with E-state index in [4.69, 9.17) is 21.4 Å². The monoisotopic (exact) mass is 316 g/mol. The van der Waals surface area contributed by atoms with Gasteiger partial charge in [-0.2, -0.15) is 0 Å². The van der Waals surface area contributed by atoms with Crippen LogP contribution >= 0.6 is 11.6 Å². The summed E-state index contributed by atoms with van der Waals surface area (Å²) in [5, 5.41) is 9.80. The Morgan fingerprint density at radius 3 is 2.45 bits per heavy atom. The second-order valence-corrected chi connectivity index (χ2v) is 5.40. The lowest BCUT2D eigenvalue weighted by Gasteiger charge is -2.16. The van der Waals surface area contributed by atoms with E-state index in [0.29, 0.717) is 10.6 Å². The molecular formula is C18H17ClO3. The Morgan fingerprint density at radius 1 is 1.18 bits per heavy atom. The molecule has 0 spiro atoms. The van der Waals surface area contributed by atoms with Crippen LogP contribution in [-0.4, -0.2) is 18.2 Å². The number of aliphatic carboxylic acids is 1. The number of carbonyl (C=O) groups is 1. The molecule has 0 bridgehead atoms. The van der Waals surface area contributed by atoms with Crippen LogP contribution in [0.5, 0.6) is 5.75 Å². The third-order valence-corrected chi connectivity index (χ3v) is 3.69. The molecule has 0 aromatic heterocycles. The molecule has 2 aromatic rings. The molecule has 0 radical (unpaired) electrons. The van der Waals surface area contributed by atoms with Crippen molar-refractivity contribution < 1.29 is 14.6 Å². The van der Waals surface area contributed by atoms with Crippen molar-refractivity contribution in [1.82, 2.24) is 0 Å². The molecular weight excluding hydrogens is 300 g/mol. The third kappa shape index (κ3) is 3.89. The second kappa shape index (κ2) is 7.14. The Hall–Kier alpha value is -2.26. The van der Waals surface area contributed by atoms with E-state index >= 15 is 0 Å². The molecule has 0 fully saturated rings. The van der Waals surface area contributed by atoms with Crippen molar-refractivity contribution in [2.75, 3.05) is 7.11 Å². The minimum atomic E-state index is -0.929. The Kier molecular flexibility index (Phi) is 5.23. The minimum absolute atomic E-state index is 0.177. The number of carboxylic acid groups (broad SMARTS) is 1. The minimum Gasteiger partial charge on any atom is -0.497 e.